The van der Waals surface area contributed by atoms with Crippen molar-refractivity contribution in [3.05, 3.63) is 29.8 Å². The topological polar surface area (TPSA) is 55.1 Å². The predicted octanol–water partition coefficient (Wildman–Crippen LogP) is 3.54. The SMILES string of the molecule is CC(C)CC(CN)C(=O)Nc1ccc(C(C)(C)C)cc1. The standard InChI is InChI=1S/C17H28N2O/c1-12(2)10-13(11-18)16(20)19-15-8-6-14(7-9-15)17(3,4)5/h6-9,12-13H,10-11,18H2,1-5H3,(H,19,20). The summed E-state index contributed by atoms with van der Waals surface area (Å²) >= 11 is 0. The van der Waals surface area contributed by atoms with Gasteiger partial charge in [0, 0.05) is 12.2 Å². The molecule has 1 amide bonds. The number of carbonyl (C=O) groups excluding carboxylic acids is 1. The number of nitrogens with one attached hydrogen (secondary N) is 1. The Morgan fingerprint density at radius 3 is 2.15 bits per heavy atom. The van der Waals surface area contributed by atoms with E-state index in [0.29, 0.717) is 12.5 Å². The van der Waals surface area contributed by atoms with Crippen molar-refractivity contribution in [3.8, 4) is 0 Å². The summed E-state index contributed by atoms with van der Waals surface area (Å²) in [5.74, 6) is 0.375. The van der Waals surface area contributed by atoms with Gasteiger partial charge in [-0.05, 0) is 35.4 Å². The zero-order chi connectivity index (χ0) is 15.3. The molecule has 1 unspecified atom stereocenters. The van der Waals surface area contributed by atoms with E-state index < -0.39 is 0 Å². The maximum atomic E-state index is 12.2. The summed E-state index contributed by atoms with van der Waals surface area (Å²) in [6.45, 7) is 11.1. The quantitative estimate of drug-likeness (QED) is 0.864. The molecule has 0 aliphatic carbocycles. The fraction of sp³-hybridized carbons (Fsp3) is 0.588. The molecule has 0 radical (unpaired) electrons. The molecule has 3 heteroatoms. The monoisotopic (exact) mass is 276 g/mol. The van der Waals surface area contributed by atoms with Gasteiger partial charge < -0.3 is 11.1 Å². The third kappa shape index (κ3) is 4.97. The molecule has 0 heterocycles. The molecule has 1 atom stereocenters. The molecule has 1 aromatic rings. The lowest BCUT2D eigenvalue weighted by Crippen LogP contribution is -2.30. The van der Waals surface area contributed by atoms with Crippen LogP contribution in [0.5, 0.6) is 0 Å². The lowest BCUT2D eigenvalue weighted by Gasteiger charge is -2.20. The summed E-state index contributed by atoms with van der Waals surface area (Å²) in [6.07, 6.45) is 0.822. The highest BCUT2D eigenvalue weighted by molar-refractivity contribution is 5.92. The Morgan fingerprint density at radius 2 is 1.75 bits per heavy atom. The fourth-order valence-corrected chi connectivity index (χ4v) is 2.18. The van der Waals surface area contributed by atoms with Crippen LogP contribution in [0.2, 0.25) is 0 Å². The van der Waals surface area contributed by atoms with Crippen LogP contribution in [0.15, 0.2) is 24.3 Å². The smallest absolute Gasteiger partial charge is 0.228 e. The van der Waals surface area contributed by atoms with Crippen LogP contribution < -0.4 is 11.1 Å². The van der Waals surface area contributed by atoms with Crippen LogP contribution in [-0.2, 0) is 10.2 Å². The van der Waals surface area contributed by atoms with E-state index in [2.05, 4.69) is 52.1 Å². The average Bonchev–Trinajstić information content (AvgIpc) is 2.35. The highest BCUT2D eigenvalue weighted by Crippen LogP contribution is 2.23. The number of amides is 1. The van der Waals surface area contributed by atoms with Crippen LogP contribution in [0.4, 0.5) is 5.69 Å². The van der Waals surface area contributed by atoms with Crippen LogP contribution in [-0.4, -0.2) is 12.5 Å². The Bertz CT molecular complexity index is 429. The summed E-state index contributed by atoms with van der Waals surface area (Å²) in [5, 5.41) is 2.96. The zero-order valence-corrected chi connectivity index (χ0v) is 13.4. The van der Waals surface area contributed by atoms with Gasteiger partial charge in [0.25, 0.3) is 0 Å². The van der Waals surface area contributed by atoms with Crippen LogP contribution in [0.3, 0.4) is 0 Å². The van der Waals surface area contributed by atoms with Crippen LogP contribution >= 0.6 is 0 Å². The first kappa shape index (κ1) is 16.7. The Balaban J connectivity index is 2.70. The maximum absolute atomic E-state index is 12.2. The number of hydrogen-bond donors (Lipinski definition) is 2. The number of carbonyl (C=O) groups is 1. The first-order valence-corrected chi connectivity index (χ1v) is 7.35. The normalized spacial score (nSPS) is 13.3. The van der Waals surface area contributed by atoms with Crippen LogP contribution in [0, 0.1) is 11.8 Å². The first-order valence-electron chi connectivity index (χ1n) is 7.35. The molecular weight excluding hydrogens is 248 g/mol. The van der Waals surface area contributed by atoms with E-state index in [4.69, 9.17) is 5.73 Å². The summed E-state index contributed by atoms with van der Waals surface area (Å²) in [6, 6.07) is 8.05. The summed E-state index contributed by atoms with van der Waals surface area (Å²) in [5.41, 5.74) is 7.92. The molecule has 3 nitrogen and oxygen atoms in total. The molecule has 0 saturated carbocycles. The van der Waals surface area contributed by atoms with Gasteiger partial charge in [0.1, 0.15) is 0 Å². The third-order valence-electron chi connectivity index (χ3n) is 3.43. The highest BCUT2D eigenvalue weighted by atomic mass is 16.1. The molecule has 0 bridgehead atoms. The molecule has 0 aliphatic rings. The van der Waals surface area contributed by atoms with E-state index in [1.165, 1.54) is 5.56 Å². The minimum Gasteiger partial charge on any atom is -0.330 e. The Hall–Kier alpha value is -1.35. The molecule has 0 aliphatic heterocycles. The molecule has 112 valence electrons. The number of rotatable bonds is 5. The summed E-state index contributed by atoms with van der Waals surface area (Å²) in [4.78, 5) is 12.2. The number of benzene rings is 1. The fourth-order valence-electron chi connectivity index (χ4n) is 2.18. The van der Waals surface area contributed by atoms with Crippen molar-refractivity contribution < 1.29 is 4.79 Å². The second kappa shape index (κ2) is 6.89. The summed E-state index contributed by atoms with van der Waals surface area (Å²) < 4.78 is 0. The van der Waals surface area contributed by atoms with Crippen molar-refractivity contribution in [3.63, 3.8) is 0 Å². The number of nitrogens with two attached hydrogens (primary N) is 1. The highest BCUT2D eigenvalue weighted by Gasteiger charge is 2.18. The van der Waals surface area contributed by atoms with Crippen molar-refractivity contribution in [2.45, 2.75) is 46.5 Å². The van der Waals surface area contributed by atoms with E-state index in [9.17, 15) is 4.79 Å². The predicted molar refractivity (Wildman–Crippen MR) is 85.8 cm³/mol. The van der Waals surface area contributed by atoms with E-state index in [0.717, 1.165) is 12.1 Å². The van der Waals surface area contributed by atoms with Gasteiger partial charge in [0.05, 0.1) is 5.92 Å². The van der Waals surface area contributed by atoms with Crippen molar-refractivity contribution >= 4 is 11.6 Å². The Labute approximate surface area is 122 Å². The lowest BCUT2D eigenvalue weighted by molar-refractivity contribution is -0.120. The lowest BCUT2D eigenvalue weighted by atomic mass is 9.87. The second-order valence-corrected chi connectivity index (χ2v) is 6.88. The van der Waals surface area contributed by atoms with Gasteiger partial charge in [0.2, 0.25) is 5.91 Å². The van der Waals surface area contributed by atoms with Crippen molar-refractivity contribution in [2.24, 2.45) is 17.6 Å². The maximum Gasteiger partial charge on any atom is 0.228 e. The number of anilines is 1. The molecule has 0 spiro atoms. The van der Waals surface area contributed by atoms with Gasteiger partial charge in [-0.1, -0.05) is 46.8 Å². The average molecular weight is 276 g/mol. The van der Waals surface area contributed by atoms with Crippen LogP contribution in [0.25, 0.3) is 0 Å². The molecule has 3 N–H and O–H groups in total. The first-order chi connectivity index (χ1) is 9.24. The minimum absolute atomic E-state index is 0.0182. The molecule has 0 fully saturated rings. The van der Waals surface area contributed by atoms with Gasteiger partial charge >= 0.3 is 0 Å². The van der Waals surface area contributed by atoms with Crippen molar-refractivity contribution in [2.75, 3.05) is 11.9 Å². The van der Waals surface area contributed by atoms with Crippen LogP contribution in [0.1, 0.15) is 46.6 Å². The third-order valence-corrected chi connectivity index (χ3v) is 3.43. The van der Waals surface area contributed by atoms with Gasteiger partial charge in [-0.15, -0.1) is 0 Å². The van der Waals surface area contributed by atoms with E-state index >= 15 is 0 Å². The molecule has 1 rings (SSSR count). The number of hydrogen-bond acceptors (Lipinski definition) is 2. The van der Waals surface area contributed by atoms with Gasteiger partial charge in [-0.2, -0.15) is 0 Å². The minimum atomic E-state index is -0.114. The molecule has 1 aromatic carbocycles. The zero-order valence-electron chi connectivity index (χ0n) is 13.4. The van der Waals surface area contributed by atoms with Crippen molar-refractivity contribution in [1.29, 1.82) is 0 Å². The second-order valence-electron chi connectivity index (χ2n) is 6.88. The molecule has 20 heavy (non-hydrogen) atoms. The van der Waals surface area contributed by atoms with E-state index in [1.807, 2.05) is 12.1 Å². The largest absolute Gasteiger partial charge is 0.330 e. The van der Waals surface area contributed by atoms with E-state index in [1.54, 1.807) is 0 Å². The molecular formula is C17H28N2O. The molecule has 0 aromatic heterocycles. The van der Waals surface area contributed by atoms with Gasteiger partial charge in [-0.3, -0.25) is 4.79 Å². The Kier molecular flexibility index (Phi) is 5.75. The molecule has 0 saturated heterocycles. The van der Waals surface area contributed by atoms with Gasteiger partial charge in [-0.25, -0.2) is 0 Å². The Morgan fingerprint density at radius 1 is 1.20 bits per heavy atom. The van der Waals surface area contributed by atoms with Gasteiger partial charge in [0.15, 0.2) is 0 Å². The summed E-state index contributed by atoms with van der Waals surface area (Å²) in [7, 11) is 0. The van der Waals surface area contributed by atoms with E-state index in [-0.39, 0.29) is 17.2 Å². The van der Waals surface area contributed by atoms with Crippen molar-refractivity contribution in [1.82, 2.24) is 0 Å².